The molecule has 204 valence electrons. The number of hydrogen-bond acceptors (Lipinski definition) is 8. The number of anilines is 1. The second-order valence-corrected chi connectivity index (χ2v) is 10.3. The third-order valence-corrected chi connectivity index (χ3v) is 7.66. The first kappa shape index (κ1) is 25.7. The van der Waals surface area contributed by atoms with Crippen LogP contribution in [-0.4, -0.2) is 90.6 Å². The lowest BCUT2D eigenvalue weighted by molar-refractivity contribution is 0.0365. The van der Waals surface area contributed by atoms with Crippen LogP contribution in [0.15, 0.2) is 58.0 Å². The van der Waals surface area contributed by atoms with Gasteiger partial charge in [0.15, 0.2) is 0 Å². The van der Waals surface area contributed by atoms with Crippen molar-refractivity contribution in [3.63, 3.8) is 0 Å². The van der Waals surface area contributed by atoms with Crippen molar-refractivity contribution in [3.05, 3.63) is 76.2 Å². The summed E-state index contributed by atoms with van der Waals surface area (Å²) in [6.45, 7) is 7.76. The van der Waals surface area contributed by atoms with E-state index in [1.54, 1.807) is 6.20 Å². The van der Waals surface area contributed by atoms with Crippen molar-refractivity contribution in [1.82, 2.24) is 24.5 Å². The van der Waals surface area contributed by atoms with Crippen molar-refractivity contribution in [2.75, 3.05) is 71.0 Å². The van der Waals surface area contributed by atoms with Gasteiger partial charge in [-0.3, -0.25) is 9.69 Å². The second-order valence-electron chi connectivity index (χ2n) is 10.3. The van der Waals surface area contributed by atoms with E-state index in [1.165, 1.54) is 6.07 Å². The van der Waals surface area contributed by atoms with Gasteiger partial charge in [0.05, 0.1) is 36.4 Å². The molecule has 10 heteroatoms. The maximum Gasteiger partial charge on any atom is 0.231 e. The first-order chi connectivity index (χ1) is 19.0. The Morgan fingerprint density at radius 1 is 0.974 bits per heavy atom. The molecule has 2 aliphatic rings. The Hall–Kier alpha value is -3.60. The molecule has 2 aromatic carbocycles. The van der Waals surface area contributed by atoms with E-state index in [0.29, 0.717) is 54.2 Å². The monoisotopic (exact) mass is 532 g/mol. The lowest BCUT2D eigenvalue weighted by atomic mass is 10.1. The highest BCUT2D eigenvalue weighted by atomic mass is 19.1. The summed E-state index contributed by atoms with van der Waals surface area (Å²) in [7, 11) is 2.07. The molecule has 4 heterocycles. The van der Waals surface area contributed by atoms with Crippen LogP contribution in [-0.2, 0) is 17.7 Å². The van der Waals surface area contributed by atoms with Crippen molar-refractivity contribution in [2.45, 2.75) is 13.0 Å². The van der Waals surface area contributed by atoms with Crippen molar-refractivity contribution < 1.29 is 13.7 Å². The standard InChI is InChI=1S/C29H33FN6O3/c1-33-7-10-35(11-8-33)26-19-25-22(18-24(26)30)28(37)23(20-36(25)12-9-34-13-15-38-16-14-34)29-31-27(39-32-29)17-21-5-3-2-4-6-21/h2-6,18-20H,7-17H2,1H3. The van der Waals surface area contributed by atoms with E-state index < -0.39 is 0 Å². The molecule has 2 aliphatic heterocycles. The SMILES string of the molecule is CN1CCN(c2cc3c(cc2F)c(=O)c(-c2noc(Cc4ccccc4)n2)cn3CCN2CCOCC2)CC1. The summed E-state index contributed by atoms with van der Waals surface area (Å²) < 4.78 is 28.5. The van der Waals surface area contributed by atoms with Gasteiger partial charge in [-0.05, 0) is 24.7 Å². The largest absolute Gasteiger partial charge is 0.379 e. The molecule has 0 saturated carbocycles. The van der Waals surface area contributed by atoms with E-state index in [-0.39, 0.29) is 17.1 Å². The third-order valence-electron chi connectivity index (χ3n) is 7.66. The minimum Gasteiger partial charge on any atom is -0.379 e. The molecule has 0 amide bonds. The molecule has 2 fully saturated rings. The Labute approximate surface area is 226 Å². The summed E-state index contributed by atoms with van der Waals surface area (Å²) in [5.41, 5.74) is 2.28. The first-order valence-corrected chi connectivity index (χ1v) is 13.5. The fourth-order valence-electron chi connectivity index (χ4n) is 5.31. The highest BCUT2D eigenvalue weighted by molar-refractivity contribution is 5.86. The maximum absolute atomic E-state index is 15.5. The van der Waals surface area contributed by atoms with Crippen LogP contribution < -0.4 is 10.3 Å². The Morgan fingerprint density at radius 3 is 2.51 bits per heavy atom. The van der Waals surface area contributed by atoms with Crippen LogP contribution in [0.1, 0.15) is 11.5 Å². The van der Waals surface area contributed by atoms with Gasteiger partial charge in [0.1, 0.15) is 5.82 Å². The summed E-state index contributed by atoms with van der Waals surface area (Å²) >= 11 is 0. The number of halogens is 1. The average molecular weight is 533 g/mol. The first-order valence-electron chi connectivity index (χ1n) is 13.5. The summed E-state index contributed by atoms with van der Waals surface area (Å²) in [5.74, 6) is 0.252. The third kappa shape index (κ3) is 5.59. The van der Waals surface area contributed by atoms with Gasteiger partial charge >= 0.3 is 0 Å². The topological polar surface area (TPSA) is 79.9 Å². The van der Waals surface area contributed by atoms with E-state index in [0.717, 1.165) is 51.4 Å². The summed E-state index contributed by atoms with van der Waals surface area (Å²) in [5, 5.41) is 4.45. The molecule has 0 radical (unpaired) electrons. The zero-order chi connectivity index (χ0) is 26.8. The number of piperazine rings is 1. The number of nitrogens with zero attached hydrogens (tertiary/aromatic N) is 6. The van der Waals surface area contributed by atoms with Crippen LogP contribution in [0, 0.1) is 5.82 Å². The van der Waals surface area contributed by atoms with Crippen molar-refractivity contribution in [2.24, 2.45) is 0 Å². The molecule has 2 aromatic heterocycles. The lowest BCUT2D eigenvalue weighted by Gasteiger charge is -2.34. The van der Waals surface area contributed by atoms with Crippen molar-refractivity contribution in [1.29, 1.82) is 0 Å². The fraction of sp³-hybridized carbons (Fsp3) is 0.414. The number of likely N-dealkylation sites (N-methyl/N-ethyl adjacent to an activating group) is 1. The molecular formula is C29H33FN6O3. The highest BCUT2D eigenvalue weighted by Gasteiger charge is 2.22. The van der Waals surface area contributed by atoms with Gasteiger partial charge in [0, 0.05) is 63.9 Å². The molecule has 0 bridgehead atoms. The Kier molecular flexibility index (Phi) is 7.40. The predicted molar refractivity (Wildman–Crippen MR) is 148 cm³/mol. The normalized spacial score (nSPS) is 17.2. The lowest BCUT2D eigenvalue weighted by Crippen LogP contribution is -2.44. The van der Waals surface area contributed by atoms with E-state index in [9.17, 15) is 4.79 Å². The zero-order valence-electron chi connectivity index (χ0n) is 22.2. The molecule has 0 spiro atoms. The number of aromatic nitrogens is 3. The Bertz CT molecular complexity index is 1490. The predicted octanol–water partition coefficient (Wildman–Crippen LogP) is 2.87. The quantitative estimate of drug-likeness (QED) is 0.360. The van der Waals surface area contributed by atoms with E-state index in [1.807, 2.05) is 41.0 Å². The van der Waals surface area contributed by atoms with Gasteiger partial charge < -0.3 is 23.6 Å². The smallest absolute Gasteiger partial charge is 0.231 e. The van der Waals surface area contributed by atoms with E-state index >= 15 is 4.39 Å². The van der Waals surface area contributed by atoms with Gasteiger partial charge in [-0.15, -0.1) is 0 Å². The minimum absolute atomic E-state index is 0.219. The molecule has 2 saturated heterocycles. The summed E-state index contributed by atoms with van der Waals surface area (Å²) in [4.78, 5) is 24.9. The number of hydrogen-bond donors (Lipinski definition) is 0. The van der Waals surface area contributed by atoms with Gasteiger partial charge in [0.2, 0.25) is 17.1 Å². The highest BCUT2D eigenvalue weighted by Crippen LogP contribution is 2.28. The molecule has 0 atom stereocenters. The molecular weight excluding hydrogens is 499 g/mol. The number of fused-ring (bicyclic) bond motifs is 1. The van der Waals surface area contributed by atoms with Crippen LogP contribution in [0.2, 0.25) is 0 Å². The van der Waals surface area contributed by atoms with Crippen LogP contribution >= 0.6 is 0 Å². The van der Waals surface area contributed by atoms with Gasteiger partial charge in [0.25, 0.3) is 0 Å². The fourth-order valence-corrected chi connectivity index (χ4v) is 5.31. The number of morpholine rings is 1. The van der Waals surface area contributed by atoms with E-state index in [4.69, 9.17) is 9.26 Å². The molecule has 9 nitrogen and oxygen atoms in total. The number of ether oxygens (including phenoxy) is 1. The summed E-state index contributed by atoms with van der Waals surface area (Å²) in [6, 6.07) is 13.0. The van der Waals surface area contributed by atoms with Crippen molar-refractivity contribution in [3.8, 4) is 11.4 Å². The van der Waals surface area contributed by atoms with Crippen LogP contribution in [0.4, 0.5) is 10.1 Å². The molecule has 39 heavy (non-hydrogen) atoms. The van der Waals surface area contributed by atoms with Crippen molar-refractivity contribution >= 4 is 16.6 Å². The van der Waals surface area contributed by atoms with Gasteiger partial charge in [-0.25, -0.2) is 4.39 Å². The average Bonchev–Trinajstić information content (AvgIpc) is 3.42. The molecule has 6 rings (SSSR count). The van der Waals surface area contributed by atoms with Crippen LogP contribution in [0.25, 0.3) is 22.3 Å². The Balaban J connectivity index is 1.38. The maximum atomic E-state index is 15.5. The molecule has 4 aromatic rings. The summed E-state index contributed by atoms with van der Waals surface area (Å²) in [6.07, 6.45) is 2.27. The van der Waals surface area contributed by atoms with Gasteiger partial charge in [-0.1, -0.05) is 35.5 Å². The molecule has 0 unspecified atom stereocenters. The molecule has 0 aliphatic carbocycles. The molecule has 0 N–H and O–H groups in total. The minimum atomic E-state index is -0.390. The van der Waals surface area contributed by atoms with E-state index in [2.05, 4.69) is 31.9 Å². The number of benzene rings is 2. The Morgan fingerprint density at radius 2 is 1.74 bits per heavy atom. The van der Waals surface area contributed by atoms with Crippen LogP contribution in [0.3, 0.4) is 0 Å². The van der Waals surface area contributed by atoms with Gasteiger partial charge in [-0.2, -0.15) is 4.98 Å². The second kappa shape index (κ2) is 11.3. The van der Waals surface area contributed by atoms with Crippen LogP contribution in [0.5, 0.6) is 0 Å². The zero-order valence-corrected chi connectivity index (χ0v) is 22.2. The number of rotatable bonds is 7. The number of pyridine rings is 1.